The van der Waals surface area contributed by atoms with E-state index in [-0.39, 0.29) is 29.6 Å². The molecular weight excluding hydrogens is 436 g/mol. The van der Waals surface area contributed by atoms with Crippen molar-refractivity contribution in [1.29, 1.82) is 0 Å². The number of nitrogens with one attached hydrogen (secondary N) is 1. The Balaban J connectivity index is 1.43. The zero-order valence-corrected chi connectivity index (χ0v) is 19.4. The summed E-state index contributed by atoms with van der Waals surface area (Å²) in [7, 11) is 0. The molecule has 0 atom stereocenters. The quantitative estimate of drug-likeness (QED) is 0.615. The number of benzene rings is 1. The predicted octanol–water partition coefficient (Wildman–Crippen LogP) is 4.13. The first-order valence-corrected chi connectivity index (χ1v) is 12.6. The van der Waals surface area contributed by atoms with Crippen LogP contribution in [0.3, 0.4) is 0 Å². The van der Waals surface area contributed by atoms with E-state index in [1.807, 2.05) is 28.8 Å². The van der Waals surface area contributed by atoms with Gasteiger partial charge in [0, 0.05) is 31.5 Å². The molecule has 5 rings (SSSR count). The SMILES string of the molecule is O=C(NCc1nc2ccccc2s1)c1cn(C2CCCC2)cc(C(=O)N2CCCCC2)c1=O. The first-order chi connectivity index (χ1) is 16.1. The largest absolute Gasteiger partial charge is 0.349 e. The van der Waals surface area contributed by atoms with Crippen LogP contribution in [0.5, 0.6) is 0 Å². The minimum absolute atomic E-state index is 0.0332. The highest BCUT2D eigenvalue weighted by atomic mass is 32.1. The van der Waals surface area contributed by atoms with Gasteiger partial charge in [-0.2, -0.15) is 0 Å². The van der Waals surface area contributed by atoms with Crippen molar-refractivity contribution in [2.45, 2.75) is 57.5 Å². The molecule has 2 amide bonds. The number of rotatable bonds is 5. The highest BCUT2D eigenvalue weighted by Crippen LogP contribution is 2.29. The third kappa shape index (κ3) is 4.57. The van der Waals surface area contributed by atoms with E-state index in [2.05, 4.69) is 10.3 Å². The van der Waals surface area contributed by atoms with Gasteiger partial charge in [-0.15, -0.1) is 11.3 Å². The summed E-state index contributed by atoms with van der Waals surface area (Å²) in [6, 6.07) is 8.04. The summed E-state index contributed by atoms with van der Waals surface area (Å²) in [4.78, 5) is 45.9. The molecule has 1 aromatic carbocycles. The molecule has 1 aliphatic carbocycles. The van der Waals surface area contributed by atoms with E-state index in [1.165, 1.54) is 11.3 Å². The summed E-state index contributed by atoms with van der Waals surface area (Å²) in [6.07, 6.45) is 10.5. The molecule has 3 heterocycles. The molecule has 0 unspecified atom stereocenters. The molecule has 33 heavy (non-hydrogen) atoms. The summed E-state index contributed by atoms with van der Waals surface area (Å²) < 4.78 is 2.98. The molecule has 1 saturated heterocycles. The van der Waals surface area contributed by atoms with Crippen molar-refractivity contribution in [1.82, 2.24) is 19.8 Å². The van der Waals surface area contributed by atoms with Gasteiger partial charge in [-0.1, -0.05) is 25.0 Å². The molecular formula is C25H28N4O3S. The van der Waals surface area contributed by atoms with Crippen LogP contribution >= 0.6 is 11.3 Å². The predicted molar refractivity (Wildman–Crippen MR) is 129 cm³/mol. The van der Waals surface area contributed by atoms with Crippen LogP contribution in [0.2, 0.25) is 0 Å². The lowest BCUT2D eigenvalue weighted by Crippen LogP contribution is -2.40. The summed E-state index contributed by atoms with van der Waals surface area (Å²) in [6.45, 7) is 1.57. The molecule has 1 aliphatic heterocycles. The van der Waals surface area contributed by atoms with Gasteiger partial charge < -0.3 is 14.8 Å². The van der Waals surface area contributed by atoms with Crippen molar-refractivity contribution in [2.24, 2.45) is 0 Å². The number of amides is 2. The second-order valence-electron chi connectivity index (χ2n) is 8.91. The number of pyridine rings is 1. The monoisotopic (exact) mass is 464 g/mol. The second kappa shape index (κ2) is 9.47. The Morgan fingerprint density at radius 2 is 1.73 bits per heavy atom. The Labute approximate surface area is 196 Å². The Morgan fingerprint density at radius 3 is 2.48 bits per heavy atom. The number of para-hydroxylation sites is 1. The van der Waals surface area contributed by atoms with Gasteiger partial charge >= 0.3 is 0 Å². The number of hydrogen-bond donors (Lipinski definition) is 1. The van der Waals surface area contributed by atoms with Crippen molar-refractivity contribution in [3.8, 4) is 0 Å². The number of thiazole rings is 1. The summed E-state index contributed by atoms with van der Waals surface area (Å²) in [5.41, 5.74) is 0.549. The Hall–Kier alpha value is -3.00. The van der Waals surface area contributed by atoms with E-state index in [0.717, 1.165) is 60.2 Å². The molecule has 1 saturated carbocycles. The molecule has 1 N–H and O–H groups in total. The van der Waals surface area contributed by atoms with Gasteiger partial charge in [0.2, 0.25) is 5.43 Å². The van der Waals surface area contributed by atoms with Gasteiger partial charge in [0.15, 0.2) is 0 Å². The first-order valence-electron chi connectivity index (χ1n) is 11.8. The molecule has 2 aromatic heterocycles. The van der Waals surface area contributed by atoms with Crippen LogP contribution in [0.25, 0.3) is 10.2 Å². The molecule has 8 heteroatoms. The third-order valence-corrected chi connectivity index (χ3v) is 7.68. The highest BCUT2D eigenvalue weighted by molar-refractivity contribution is 7.18. The lowest BCUT2D eigenvalue weighted by molar-refractivity contribution is 0.0722. The molecule has 0 spiro atoms. The maximum atomic E-state index is 13.3. The summed E-state index contributed by atoms with van der Waals surface area (Å²) >= 11 is 1.52. The summed E-state index contributed by atoms with van der Waals surface area (Å²) in [5, 5.41) is 3.63. The van der Waals surface area contributed by atoms with Crippen LogP contribution in [-0.4, -0.2) is 39.4 Å². The van der Waals surface area contributed by atoms with Gasteiger partial charge in [-0.25, -0.2) is 4.98 Å². The normalized spacial score (nSPS) is 16.9. The van der Waals surface area contributed by atoms with Crippen molar-refractivity contribution in [2.75, 3.05) is 13.1 Å². The standard InChI is InChI=1S/C25H28N4O3S/c30-23-18(24(31)26-14-22-27-20-10-4-5-11-21(20)33-22)15-29(17-8-2-3-9-17)16-19(23)25(32)28-12-6-1-7-13-28/h4-5,10-11,15-17H,1-3,6-9,12-14H2,(H,26,31). The van der Waals surface area contributed by atoms with Crippen molar-refractivity contribution in [3.05, 3.63) is 63.0 Å². The van der Waals surface area contributed by atoms with Crippen LogP contribution in [0.4, 0.5) is 0 Å². The zero-order chi connectivity index (χ0) is 22.8. The van der Waals surface area contributed by atoms with Crippen molar-refractivity contribution < 1.29 is 9.59 Å². The highest BCUT2D eigenvalue weighted by Gasteiger charge is 2.26. The van der Waals surface area contributed by atoms with Crippen LogP contribution in [0.15, 0.2) is 41.5 Å². The van der Waals surface area contributed by atoms with Gasteiger partial charge in [-0.05, 0) is 44.2 Å². The van der Waals surface area contributed by atoms with Crippen LogP contribution < -0.4 is 10.7 Å². The van der Waals surface area contributed by atoms with E-state index in [1.54, 1.807) is 17.3 Å². The Bertz CT molecular complexity index is 1200. The number of nitrogens with zero attached hydrogens (tertiary/aromatic N) is 3. The van der Waals surface area contributed by atoms with E-state index in [0.29, 0.717) is 13.1 Å². The lowest BCUT2D eigenvalue weighted by atomic mass is 10.1. The number of carbonyl (C=O) groups is 2. The number of likely N-dealkylation sites (tertiary alicyclic amines) is 1. The van der Waals surface area contributed by atoms with Crippen LogP contribution in [0.1, 0.15) is 76.7 Å². The average Bonchev–Trinajstić information content (AvgIpc) is 3.53. The number of aromatic nitrogens is 2. The lowest BCUT2D eigenvalue weighted by Gasteiger charge is -2.27. The number of hydrogen-bond acceptors (Lipinski definition) is 5. The van der Waals surface area contributed by atoms with Gasteiger partial charge in [-0.3, -0.25) is 14.4 Å². The second-order valence-corrected chi connectivity index (χ2v) is 10.0. The average molecular weight is 465 g/mol. The van der Waals surface area contributed by atoms with Crippen LogP contribution in [-0.2, 0) is 6.54 Å². The Kier molecular flexibility index (Phi) is 6.26. The molecule has 0 bridgehead atoms. The zero-order valence-electron chi connectivity index (χ0n) is 18.6. The van der Waals surface area contributed by atoms with Gasteiger partial charge in [0.25, 0.3) is 11.8 Å². The van der Waals surface area contributed by atoms with Crippen molar-refractivity contribution >= 4 is 33.4 Å². The maximum Gasteiger partial charge on any atom is 0.259 e. The third-order valence-electron chi connectivity index (χ3n) is 6.65. The molecule has 7 nitrogen and oxygen atoms in total. The fourth-order valence-corrected chi connectivity index (χ4v) is 5.75. The molecule has 2 aliphatic rings. The fourth-order valence-electron chi connectivity index (χ4n) is 4.84. The number of piperidine rings is 1. The molecule has 3 aromatic rings. The Morgan fingerprint density at radius 1 is 1.00 bits per heavy atom. The fraction of sp³-hybridized carbons (Fsp3) is 0.440. The smallest absolute Gasteiger partial charge is 0.259 e. The minimum Gasteiger partial charge on any atom is -0.349 e. The number of carbonyl (C=O) groups excluding carboxylic acids is 2. The molecule has 0 radical (unpaired) electrons. The number of fused-ring (bicyclic) bond motifs is 1. The van der Waals surface area contributed by atoms with E-state index in [9.17, 15) is 14.4 Å². The van der Waals surface area contributed by atoms with E-state index >= 15 is 0 Å². The van der Waals surface area contributed by atoms with Gasteiger partial charge in [0.1, 0.15) is 16.1 Å². The summed E-state index contributed by atoms with van der Waals surface area (Å²) in [5.74, 6) is -0.716. The van der Waals surface area contributed by atoms with E-state index in [4.69, 9.17) is 0 Å². The van der Waals surface area contributed by atoms with Crippen LogP contribution in [0, 0.1) is 0 Å². The van der Waals surface area contributed by atoms with Gasteiger partial charge in [0.05, 0.1) is 16.8 Å². The first kappa shape index (κ1) is 21.8. The van der Waals surface area contributed by atoms with Crippen molar-refractivity contribution in [3.63, 3.8) is 0 Å². The topological polar surface area (TPSA) is 84.3 Å². The minimum atomic E-state index is -0.485. The molecule has 2 fully saturated rings. The van der Waals surface area contributed by atoms with E-state index < -0.39 is 11.3 Å². The molecule has 172 valence electrons. The maximum absolute atomic E-state index is 13.3.